The van der Waals surface area contributed by atoms with Crippen molar-refractivity contribution in [3.8, 4) is 0 Å². The number of aromatic nitrogens is 1. The van der Waals surface area contributed by atoms with Gasteiger partial charge in [0.15, 0.2) is 5.13 Å². The van der Waals surface area contributed by atoms with Gasteiger partial charge in [-0.1, -0.05) is 23.5 Å². The van der Waals surface area contributed by atoms with E-state index in [0.29, 0.717) is 6.54 Å². The van der Waals surface area contributed by atoms with Crippen molar-refractivity contribution in [1.82, 2.24) is 4.98 Å². The summed E-state index contributed by atoms with van der Waals surface area (Å²) >= 11 is 1.49. The summed E-state index contributed by atoms with van der Waals surface area (Å²) in [6, 6.07) is 6.44. The number of thiazole rings is 1. The molecule has 0 aliphatic heterocycles. The molecule has 1 aromatic carbocycles. The standard InChI is InChI=1S/C14H17FN2OS/c1-9-13(10(2)18)19-14(16-9)17(3)8-11-4-6-12(15)7-5-11/h4-7,10,18H,8H2,1-3H3. The van der Waals surface area contributed by atoms with Gasteiger partial charge in [-0.25, -0.2) is 9.37 Å². The van der Waals surface area contributed by atoms with E-state index in [2.05, 4.69) is 4.98 Å². The molecule has 1 atom stereocenters. The number of nitrogens with zero attached hydrogens (tertiary/aromatic N) is 2. The Morgan fingerprint density at radius 3 is 2.53 bits per heavy atom. The highest BCUT2D eigenvalue weighted by Crippen LogP contribution is 2.30. The van der Waals surface area contributed by atoms with Crippen LogP contribution >= 0.6 is 11.3 Å². The summed E-state index contributed by atoms with van der Waals surface area (Å²) in [4.78, 5) is 7.34. The van der Waals surface area contributed by atoms with Crippen molar-refractivity contribution in [2.24, 2.45) is 0 Å². The molecule has 102 valence electrons. The summed E-state index contributed by atoms with van der Waals surface area (Å²) in [5.74, 6) is -0.229. The van der Waals surface area contributed by atoms with Crippen LogP contribution < -0.4 is 4.90 Å². The first kappa shape index (κ1) is 14.0. The average Bonchev–Trinajstić information content (AvgIpc) is 2.74. The van der Waals surface area contributed by atoms with Crippen LogP contribution in [-0.4, -0.2) is 17.1 Å². The maximum absolute atomic E-state index is 12.8. The summed E-state index contributed by atoms with van der Waals surface area (Å²) in [5, 5.41) is 10.5. The molecule has 0 aliphatic rings. The van der Waals surface area contributed by atoms with Crippen LogP contribution in [0.3, 0.4) is 0 Å². The van der Waals surface area contributed by atoms with Gasteiger partial charge in [0.2, 0.25) is 0 Å². The monoisotopic (exact) mass is 280 g/mol. The molecule has 1 N–H and O–H groups in total. The molecule has 3 nitrogen and oxygen atoms in total. The Kier molecular flexibility index (Phi) is 4.17. The molecule has 0 saturated heterocycles. The van der Waals surface area contributed by atoms with Gasteiger partial charge in [0.1, 0.15) is 5.82 Å². The molecule has 2 aromatic rings. The summed E-state index contributed by atoms with van der Waals surface area (Å²) in [6.07, 6.45) is -0.495. The van der Waals surface area contributed by atoms with Gasteiger partial charge in [-0.2, -0.15) is 0 Å². The zero-order valence-electron chi connectivity index (χ0n) is 11.2. The highest BCUT2D eigenvalue weighted by atomic mass is 32.1. The van der Waals surface area contributed by atoms with E-state index in [1.807, 2.05) is 18.9 Å². The van der Waals surface area contributed by atoms with Crippen LogP contribution in [0.1, 0.15) is 29.2 Å². The average molecular weight is 280 g/mol. The quantitative estimate of drug-likeness (QED) is 0.933. The Morgan fingerprint density at radius 2 is 2.00 bits per heavy atom. The molecule has 2 rings (SSSR count). The van der Waals surface area contributed by atoms with Crippen LogP contribution in [0.2, 0.25) is 0 Å². The predicted molar refractivity (Wildman–Crippen MR) is 76.0 cm³/mol. The Balaban J connectivity index is 2.13. The van der Waals surface area contributed by atoms with E-state index >= 15 is 0 Å². The molecule has 0 bridgehead atoms. The van der Waals surface area contributed by atoms with E-state index in [1.165, 1.54) is 23.5 Å². The first-order valence-electron chi connectivity index (χ1n) is 6.08. The SMILES string of the molecule is Cc1nc(N(C)Cc2ccc(F)cc2)sc1C(C)O. The number of rotatable bonds is 4. The van der Waals surface area contributed by atoms with Gasteiger partial charge in [0.05, 0.1) is 16.7 Å². The number of hydrogen-bond donors (Lipinski definition) is 1. The second-order valence-electron chi connectivity index (χ2n) is 4.60. The Hall–Kier alpha value is -1.46. The molecule has 0 amide bonds. The summed E-state index contributed by atoms with van der Waals surface area (Å²) < 4.78 is 12.8. The highest BCUT2D eigenvalue weighted by molar-refractivity contribution is 7.15. The normalized spacial score (nSPS) is 12.5. The molecule has 0 saturated carbocycles. The first-order chi connectivity index (χ1) is 8.97. The van der Waals surface area contributed by atoms with Gasteiger partial charge in [-0.15, -0.1) is 0 Å². The second kappa shape index (κ2) is 5.67. The summed E-state index contributed by atoms with van der Waals surface area (Å²) in [5.41, 5.74) is 1.89. The van der Waals surface area contributed by atoms with Crippen molar-refractivity contribution in [2.75, 3.05) is 11.9 Å². The first-order valence-corrected chi connectivity index (χ1v) is 6.90. The smallest absolute Gasteiger partial charge is 0.185 e. The fourth-order valence-electron chi connectivity index (χ4n) is 1.88. The minimum atomic E-state index is -0.495. The topological polar surface area (TPSA) is 36.4 Å². The van der Waals surface area contributed by atoms with E-state index in [9.17, 15) is 9.50 Å². The molecule has 0 spiro atoms. The van der Waals surface area contributed by atoms with Crippen molar-refractivity contribution in [3.05, 3.63) is 46.2 Å². The van der Waals surface area contributed by atoms with E-state index in [-0.39, 0.29) is 5.82 Å². The third kappa shape index (κ3) is 3.30. The van der Waals surface area contributed by atoms with Crippen LogP contribution in [-0.2, 0) is 6.54 Å². The third-order valence-electron chi connectivity index (χ3n) is 2.86. The number of halogens is 1. The van der Waals surface area contributed by atoms with Crippen LogP contribution in [0.15, 0.2) is 24.3 Å². The number of hydrogen-bond acceptors (Lipinski definition) is 4. The minimum absolute atomic E-state index is 0.229. The van der Waals surface area contributed by atoms with Crippen LogP contribution in [0.4, 0.5) is 9.52 Å². The van der Waals surface area contributed by atoms with Crippen LogP contribution in [0.25, 0.3) is 0 Å². The number of aliphatic hydroxyl groups excluding tert-OH is 1. The Bertz CT molecular complexity index is 551. The molecule has 19 heavy (non-hydrogen) atoms. The highest BCUT2D eigenvalue weighted by Gasteiger charge is 2.14. The van der Waals surface area contributed by atoms with E-state index < -0.39 is 6.10 Å². The van der Waals surface area contributed by atoms with Gasteiger partial charge in [-0.05, 0) is 31.5 Å². The maximum Gasteiger partial charge on any atom is 0.185 e. The molecule has 1 heterocycles. The predicted octanol–water partition coefficient (Wildman–Crippen LogP) is 3.28. The Labute approximate surface area is 116 Å². The fourth-order valence-corrected chi connectivity index (χ4v) is 2.84. The maximum atomic E-state index is 12.8. The van der Waals surface area contributed by atoms with Gasteiger partial charge in [0, 0.05) is 13.6 Å². The number of anilines is 1. The summed E-state index contributed by atoms with van der Waals surface area (Å²) in [7, 11) is 1.94. The van der Waals surface area contributed by atoms with Crippen LogP contribution in [0.5, 0.6) is 0 Å². The lowest BCUT2D eigenvalue weighted by Crippen LogP contribution is -2.16. The zero-order chi connectivity index (χ0) is 14.0. The van der Waals surface area contributed by atoms with Gasteiger partial charge >= 0.3 is 0 Å². The van der Waals surface area contributed by atoms with Crippen molar-refractivity contribution in [2.45, 2.75) is 26.5 Å². The van der Waals surface area contributed by atoms with Gasteiger partial charge in [-0.3, -0.25) is 0 Å². The number of benzene rings is 1. The van der Waals surface area contributed by atoms with Gasteiger partial charge < -0.3 is 10.0 Å². The molecule has 0 aliphatic carbocycles. The number of aryl methyl sites for hydroxylation is 1. The lowest BCUT2D eigenvalue weighted by molar-refractivity contribution is 0.202. The largest absolute Gasteiger partial charge is 0.388 e. The minimum Gasteiger partial charge on any atom is -0.388 e. The van der Waals surface area contributed by atoms with Gasteiger partial charge in [0.25, 0.3) is 0 Å². The Morgan fingerprint density at radius 1 is 1.37 bits per heavy atom. The molecule has 5 heteroatoms. The lowest BCUT2D eigenvalue weighted by Gasteiger charge is -2.15. The number of aliphatic hydroxyl groups is 1. The second-order valence-corrected chi connectivity index (χ2v) is 5.61. The molecule has 0 fully saturated rings. The summed E-state index contributed by atoms with van der Waals surface area (Å²) in [6.45, 7) is 4.30. The van der Waals surface area contributed by atoms with E-state index in [4.69, 9.17) is 0 Å². The van der Waals surface area contributed by atoms with Crippen molar-refractivity contribution >= 4 is 16.5 Å². The van der Waals surface area contributed by atoms with Crippen molar-refractivity contribution < 1.29 is 9.50 Å². The van der Waals surface area contributed by atoms with Crippen LogP contribution in [0, 0.1) is 12.7 Å². The van der Waals surface area contributed by atoms with Crippen molar-refractivity contribution in [3.63, 3.8) is 0 Å². The van der Waals surface area contributed by atoms with E-state index in [1.54, 1.807) is 19.1 Å². The molecular weight excluding hydrogens is 263 g/mol. The fraction of sp³-hybridized carbons (Fsp3) is 0.357. The van der Waals surface area contributed by atoms with Crippen molar-refractivity contribution in [1.29, 1.82) is 0 Å². The third-order valence-corrected chi connectivity index (χ3v) is 4.30. The molecular formula is C14H17FN2OS. The zero-order valence-corrected chi connectivity index (χ0v) is 12.0. The molecule has 1 unspecified atom stereocenters. The molecule has 0 radical (unpaired) electrons. The van der Waals surface area contributed by atoms with E-state index in [0.717, 1.165) is 21.3 Å². The lowest BCUT2D eigenvalue weighted by atomic mass is 10.2. The molecule has 1 aromatic heterocycles.